The Labute approximate surface area is 213 Å². The standard InChI is InChI=1S/C31H35N3O2/c1-4-12-29(35)33(22-21-24-13-8-7-9-14-24)28(6-3)30-32-27-16-11-10-15-26(27)31(36)34(30)25-19-17-23(5-2)18-20-25/h7-11,13-20,28H,4-6,12,21-22H2,1-3H3. The Morgan fingerprint density at radius 1 is 0.889 bits per heavy atom. The normalized spacial score (nSPS) is 12.0. The number of para-hydroxylation sites is 1. The van der Waals surface area contributed by atoms with E-state index in [1.807, 2.05) is 66.4 Å². The number of amides is 1. The zero-order chi connectivity index (χ0) is 25.5. The number of aryl methyl sites for hydroxylation is 1. The highest BCUT2D eigenvalue weighted by Crippen LogP contribution is 2.27. The summed E-state index contributed by atoms with van der Waals surface area (Å²) in [4.78, 5) is 34.2. The molecule has 0 bridgehead atoms. The number of hydrogen-bond acceptors (Lipinski definition) is 3. The molecule has 36 heavy (non-hydrogen) atoms. The summed E-state index contributed by atoms with van der Waals surface area (Å²) >= 11 is 0. The van der Waals surface area contributed by atoms with E-state index in [9.17, 15) is 9.59 Å². The molecule has 4 rings (SSSR count). The molecule has 4 aromatic rings. The number of hydrogen-bond donors (Lipinski definition) is 0. The number of benzene rings is 3. The molecule has 0 fully saturated rings. The van der Waals surface area contributed by atoms with Crippen LogP contribution in [0.1, 0.15) is 63.0 Å². The molecule has 1 heterocycles. The Bertz CT molecular complexity index is 1360. The summed E-state index contributed by atoms with van der Waals surface area (Å²) in [5, 5.41) is 0.575. The van der Waals surface area contributed by atoms with E-state index in [0.29, 0.717) is 36.1 Å². The van der Waals surface area contributed by atoms with Gasteiger partial charge in [0.25, 0.3) is 5.56 Å². The highest BCUT2D eigenvalue weighted by atomic mass is 16.2. The molecule has 1 amide bonds. The monoisotopic (exact) mass is 481 g/mol. The highest BCUT2D eigenvalue weighted by Gasteiger charge is 2.28. The molecule has 0 N–H and O–H groups in total. The highest BCUT2D eigenvalue weighted by molar-refractivity contribution is 5.79. The van der Waals surface area contributed by atoms with Gasteiger partial charge in [-0.25, -0.2) is 4.98 Å². The van der Waals surface area contributed by atoms with Crippen molar-refractivity contribution in [3.05, 3.63) is 106 Å². The SMILES string of the molecule is CCCC(=O)N(CCc1ccccc1)C(CC)c1nc2ccccc2c(=O)n1-c1ccc(CC)cc1. The van der Waals surface area contributed by atoms with Crippen LogP contribution in [0.15, 0.2) is 83.7 Å². The molecule has 186 valence electrons. The molecule has 0 aliphatic carbocycles. The van der Waals surface area contributed by atoms with Gasteiger partial charge in [0.05, 0.1) is 22.6 Å². The molecule has 0 saturated carbocycles. The zero-order valence-corrected chi connectivity index (χ0v) is 21.5. The van der Waals surface area contributed by atoms with Gasteiger partial charge in [0.15, 0.2) is 0 Å². The predicted octanol–water partition coefficient (Wildman–Crippen LogP) is 6.27. The van der Waals surface area contributed by atoms with Gasteiger partial charge in [-0.1, -0.05) is 75.4 Å². The van der Waals surface area contributed by atoms with Crippen molar-refractivity contribution in [2.45, 2.75) is 58.9 Å². The number of aromatic nitrogens is 2. The van der Waals surface area contributed by atoms with Crippen LogP contribution in [0.25, 0.3) is 16.6 Å². The predicted molar refractivity (Wildman–Crippen MR) is 147 cm³/mol. The molecule has 0 radical (unpaired) electrons. The number of nitrogens with zero attached hydrogens (tertiary/aromatic N) is 3. The fraction of sp³-hybridized carbons (Fsp3) is 0.323. The van der Waals surface area contributed by atoms with Gasteiger partial charge < -0.3 is 4.90 Å². The van der Waals surface area contributed by atoms with E-state index in [4.69, 9.17) is 4.98 Å². The molecular weight excluding hydrogens is 446 g/mol. The minimum atomic E-state index is -0.323. The molecule has 0 saturated heterocycles. The first-order valence-electron chi connectivity index (χ1n) is 13.0. The van der Waals surface area contributed by atoms with Crippen LogP contribution in [-0.2, 0) is 17.6 Å². The maximum absolute atomic E-state index is 13.8. The van der Waals surface area contributed by atoms with Gasteiger partial charge in [-0.3, -0.25) is 14.2 Å². The molecule has 1 unspecified atom stereocenters. The summed E-state index contributed by atoms with van der Waals surface area (Å²) in [6, 6.07) is 25.4. The van der Waals surface area contributed by atoms with E-state index in [2.05, 4.69) is 38.1 Å². The lowest BCUT2D eigenvalue weighted by atomic mass is 10.1. The van der Waals surface area contributed by atoms with E-state index >= 15 is 0 Å². The largest absolute Gasteiger partial charge is 0.332 e. The molecule has 0 aliphatic heterocycles. The average molecular weight is 482 g/mol. The second-order valence-corrected chi connectivity index (χ2v) is 9.14. The molecule has 0 spiro atoms. The molecule has 3 aromatic carbocycles. The fourth-order valence-electron chi connectivity index (χ4n) is 4.75. The topological polar surface area (TPSA) is 55.2 Å². The smallest absolute Gasteiger partial charge is 0.266 e. The molecular formula is C31H35N3O2. The van der Waals surface area contributed by atoms with E-state index in [0.717, 1.165) is 24.9 Å². The van der Waals surface area contributed by atoms with Crippen LogP contribution in [0, 0.1) is 0 Å². The molecule has 5 nitrogen and oxygen atoms in total. The van der Waals surface area contributed by atoms with Gasteiger partial charge >= 0.3 is 0 Å². The van der Waals surface area contributed by atoms with E-state index in [1.54, 1.807) is 4.57 Å². The fourth-order valence-corrected chi connectivity index (χ4v) is 4.75. The summed E-state index contributed by atoms with van der Waals surface area (Å²) in [6.07, 6.45) is 3.56. The Morgan fingerprint density at radius 3 is 2.25 bits per heavy atom. The van der Waals surface area contributed by atoms with Gasteiger partial charge in [0.2, 0.25) is 5.91 Å². The van der Waals surface area contributed by atoms with Crippen molar-refractivity contribution in [1.29, 1.82) is 0 Å². The van der Waals surface area contributed by atoms with Gasteiger partial charge in [0, 0.05) is 13.0 Å². The van der Waals surface area contributed by atoms with Crippen molar-refractivity contribution < 1.29 is 4.79 Å². The zero-order valence-electron chi connectivity index (χ0n) is 21.5. The van der Waals surface area contributed by atoms with Crippen molar-refractivity contribution in [2.75, 3.05) is 6.54 Å². The Balaban J connectivity index is 1.86. The molecule has 5 heteroatoms. The van der Waals surface area contributed by atoms with Crippen LogP contribution in [0.3, 0.4) is 0 Å². The lowest BCUT2D eigenvalue weighted by molar-refractivity contribution is -0.134. The minimum Gasteiger partial charge on any atom is -0.332 e. The van der Waals surface area contributed by atoms with Crippen molar-refractivity contribution in [3.63, 3.8) is 0 Å². The summed E-state index contributed by atoms with van der Waals surface area (Å²) in [6.45, 7) is 6.76. The average Bonchev–Trinajstić information content (AvgIpc) is 2.92. The van der Waals surface area contributed by atoms with Crippen LogP contribution in [0.4, 0.5) is 0 Å². The summed E-state index contributed by atoms with van der Waals surface area (Å²) < 4.78 is 1.71. The summed E-state index contributed by atoms with van der Waals surface area (Å²) in [7, 11) is 0. The summed E-state index contributed by atoms with van der Waals surface area (Å²) in [5.74, 6) is 0.707. The minimum absolute atomic E-state index is 0.0931. The van der Waals surface area contributed by atoms with Crippen LogP contribution in [-0.4, -0.2) is 26.9 Å². The molecule has 1 aromatic heterocycles. The van der Waals surface area contributed by atoms with Gasteiger partial charge in [-0.15, -0.1) is 0 Å². The number of rotatable bonds is 10. The summed E-state index contributed by atoms with van der Waals surface area (Å²) in [5.41, 5.74) is 3.71. The lowest BCUT2D eigenvalue weighted by Gasteiger charge is -2.32. The van der Waals surface area contributed by atoms with Gasteiger partial charge in [-0.05, 0) is 61.1 Å². The Morgan fingerprint density at radius 2 is 1.58 bits per heavy atom. The van der Waals surface area contributed by atoms with E-state index < -0.39 is 0 Å². The van der Waals surface area contributed by atoms with Crippen LogP contribution < -0.4 is 5.56 Å². The van der Waals surface area contributed by atoms with Gasteiger partial charge in [0.1, 0.15) is 5.82 Å². The second-order valence-electron chi connectivity index (χ2n) is 9.14. The molecule has 1 atom stereocenters. The van der Waals surface area contributed by atoms with Crippen molar-refractivity contribution in [3.8, 4) is 5.69 Å². The Hall–Kier alpha value is -3.73. The Kier molecular flexibility index (Phi) is 8.32. The van der Waals surface area contributed by atoms with Crippen molar-refractivity contribution in [2.24, 2.45) is 0 Å². The first-order chi connectivity index (χ1) is 17.6. The van der Waals surface area contributed by atoms with E-state index in [-0.39, 0.29) is 17.5 Å². The maximum atomic E-state index is 13.8. The number of fused-ring (bicyclic) bond motifs is 1. The van der Waals surface area contributed by atoms with Crippen LogP contribution in [0.5, 0.6) is 0 Å². The lowest BCUT2D eigenvalue weighted by Crippen LogP contribution is -2.39. The van der Waals surface area contributed by atoms with Crippen LogP contribution in [0.2, 0.25) is 0 Å². The number of carbonyl (C=O) groups excluding carboxylic acids is 1. The third-order valence-corrected chi connectivity index (χ3v) is 6.73. The second kappa shape index (κ2) is 11.8. The third-order valence-electron chi connectivity index (χ3n) is 6.73. The number of carbonyl (C=O) groups is 1. The first-order valence-corrected chi connectivity index (χ1v) is 13.0. The third kappa shape index (κ3) is 5.40. The quantitative estimate of drug-likeness (QED) is 0.268. The van der Waals surface area contributed by atoms with Crippen molar-refractivity contribution >= 4 is 16.8 Å². The first kappa shape index (κ1) is 25.4. The van der Waals surface area contributed by atoms with Crippen LogP contribution >= 0.6 is 0 Å². The van der Waals surface area contributed by atoms with Crippen molar-refractivity contribution in [1.82, 2.24) is 14.5 Å². The maximum Gasteiger partial charge on any atom is 0.266 e. The molecule has 0 aliphatic rings. The van der Waals surface area contributed by atoms with E-state index in [1.165, 1.54) is 11.1 Å². The van der Waals surface area contributed by atoms with Gasteiger partial charge in [-0.2, -0.15) is 0 Å².